The van der Waals surface area contributed by atoms with Gasteiger partial charge in [-0.1, -0.05) is 13.8 Å². The van der Waals surface area contributed by atoms with Gasteiger partial charge in [0, 0.05) is 24.3 Å². The lowest BCUT2D eigenvalue weighted by molar-refractivity contribution is 0.126. The summed E-state index contributed by atoms with van der Waals surface area (Å²) in [4.78, 5) is 14.5. The van der Waals surface area contributed by atoms with Gasteiger partial charge in [0.2, 0.25) is 0 Å². The van der Waals surface area contributed by atoms with Crippen LogP contribution in [0, 0.1) is 19.3 Å². The number of likely N-dealkylation sites (tertiary alicyclic amines) is 1. The maximum atomic E-state index is 12.6. The number of H-pyrrole nitrogens is 1. The largest absolute Gasteiger partial charge is 0.393 e. The zero-order valence-corrected chi connectivity index (χ0v) is 14.9. The van der Waals surface area contributed by atoms with Gasteiger partial charge >= 0.3 is 6.03 Å². The van der Waals surface area contributed by atoms with E-state index in [1.165, 1.54) is 0 Å². The maximum Gasteiger partial charge on any atom is 0.317 e. The first-order chi connectivity index (χ1) is 10.7. The molecule has 2 atom stereocenters. The highest BCUT2D eigenvalue weighted by atomic mass is 16.3. The first-order valence-corrected chi connectivity index (χ1v) is 8.45. The minimum Gasteiger partial charge on any atom is -0.393 e. The van der Waals surface area contributed by atoms with Crippen LogP contribution in [0.2, 0.25) is 0 Å². The Morgan fingerprint density at radius 3 is 2.78 bits per heavy atom. The quantitative estimate of drug-likeness (QED) is 0.779. The fraction of sp³-hybridized carbons (Fsp3) is 0.765. The molecular formula is C17H30N4O2. The average molecular weight is 322 g/mol. The molecule has 1 aromatic rings. The Morgan fingerprint density at radius 1 is 1.52 bits per heavy atom. The molecule has 2 unspecified atom stereocenters. The molecule has 2 rings (SSSR count). The van der Waals surface area contributed by atoms with Gasteiger partial charge in [-0.05, 0) is 45.4 Å². The van der Waals surface area contributed by atoms with Crippen LogP contribution in [-0.2, 0) is 0 Å². The minimum absolute atomic E-state index is 0.0221. The molecule has 0 saturated carbocycles. The van der Waals surface area contributed by atoms with Gasteiger partial charge in [-0.3, -0.25) is 5.10 Å². The molecule has 3 N–H and O–H groups in total. The van der Waals surface area contributed by atoms with Gasteiger partial charge in [-0.25, -0.2) is 4.79 Å². The summed E-state index contributed by atoms with van der Waals surface area (Å²) in [7, 11) is 0. The zero-order chi connectivity index (χ0) is 17.2. The Labute approximate surface area is 138 Å². The SMILES string of the molecule is Cc1n[nH]c(C)c1C1CCCN1C(=O)NCC(C)(C)CC(C)O. The topological polar surface area (TPSA) is 81.2 Å². The molecule has 1 saturated heterocycles. The molecule has 1 fully saturated rings. The van der Waals surface area contributed by atoms with Gasteiger partial charge in [0.05, 0.1) is 17.8 Å². The molecule has 1 aromatic heterocycles. The summed E-state index contributed by atoms with van der Waals surface area (Å²) in [6.07, 6.45) is 2.29. The molecule has 23 heavy (non-hydrogen) atoms. The van der Waals surface area contributed by atoms with Crippen LogP contribution in [0.4, 0.5) is 4.79 Å². The summed E-state index contributed by atoms with van der Waals surface area (Å²) in [6, 6.07) is 0.0831. The van der Waals surface area contributed by atoms with E-state index in [1.54, 1.807) is 6.92 Å². The number of urea groups is 1. The van der Waals surface area contributed by atoms with Crippen molar-refractivity contribution < 1.29 is 9.90 Å². The normalized spacial score (nSPS) is 19.9. The number of hydrogen-bond acceptors (Lipinski definition) is 3. The van der Waals surface area contributed by atoms with Crippen molar-refractivity contribution >= 4 is 6.03 Å². The summed E-state index contributed by atoms with van der Waals surface area (Å²) < 4.78 is 0. The van der Waals surface area contributed by atoms with Crippen molar-refractivity contribution in [3.8, 4) is 0 Å². The van der Waals surface area contributed by atoms with Crippen molar-refractivity contribution in [1.82, 2.24) is 20.4 Å². The summed E-state index contributed by atoms with van der Waals surface area (Å²) in [5, 5.41) is 19.9. The second-order valence-electron chi connectivity index (χ2n) is 7.58. The maximum absolute atomic E-state index is 12.6. The fourth-order valence-corrected chi connectivity index (χ4v) is 3.65. The van der Waals surface area contributed by atoms with Crippen LogP contribution in [0.3, 0.4) is 0 Å². The predicted octanol–water partition coefficient (Wildman–Crippen LogP) is 2.67. The van der Waals surface area contributed by atoms with Gasteiger partial charge in [-0.15, -0.1) is 0 Å². The molecule has 0 aromatic carbocycles. The van der Waals surface area contributed by atoms with Crippen molar-refractivity contribution in [2.75, 3.05) is 13.1 Å². The van der Waals surface area contributed by atoms with E-state index < -0.39 is 0 Å². The van der Waals surface area contributed by atoms with E-state index in [0.29, 0.717) is 13.0 Å². The second-order valence-corrected chi connectivity index (χ2v) is 7.58. The molecule has 2 heterocycles. The van der Waals surface area contributed by atoms with E-state index in [4.69, 9.17) is 0 Å². The van der Waals surface area contributed by atoms with Gasteiger partial charge in [0.15, 0.2) is 0 Å². The zero-order valence-electron chi connectivity index (χ0n) is 14.9. The van der Waals surface area contributed by atoms with Crippen LogP contribution in [-0.4, -0.2) is 45.4 Å². The van der Waals surface area contributed by atoms with Gasteiger partial charge in [-0.2, -0.15) is 5.10 Å². The van der Waals surface area contributed by atoms with Crippen LogP contribution < -0.4 is 5.32 Å². The number of aliphatic hydroxyl groups is 1. The number of nitrogens with one attached hydrogen (secondary N) is 2. The third-order valence-corrected chi connectivity index (χ3v) is 4.60. The van der Waals surface area contributed by atoms with Crippen molar-refractivity contribution in [2.45, 2.75) is 66.0 Å². The number of carbonyl (C=O) groups excluding carboxylic acids is 1. The smallest absolute Gasteiger partial charge is 0.317 e. The first-order valence-electron chi connectivity index (χ1n) is 8.45. The van der Waals surface area contributed by atoms with Crippen LogP contribution in [0.5, 0.6) is 0 Å². The molecule has 0 spiro atoms. The number of nitrogens with zero attached hydrogens (tertiary/aromatic N) is 2. The minimum atomic E-state index is -0.363. The van der Waals surface area contributed by atoms with Crippen LogP contribution in [0.25, 0.3) is 0 Å². The van der Waals surface area contributed by atoms with Crippen LogP contribution in [0.15, 0.2) is 0 Å². The van der Waals surface area contributed by atoms with Crippen molar-refractivity contribution in [3.63, 3.8) is 0 Å². The van der Waals surface area contributed by atoms with Crippen molar-refractivity contribution in [2.24, 2.45) is 5.41 Å². The first kappa shape index (κ1) is 17.8. The number of aryl methyl sites for hydroxylation is 2. The molecule has 0 radical (unpaired) electrons. The number of carbonyl (C=O) groups is 1. The molecule has 0 aliphatic carbocycles. The lowest BCUT2D eigenvalue weighted by atomic mass is 9.87. The molecule has 0 bridgehead atoms. The second kappa shape index (κ2) is 6.91. The van der Waals surface area contributed by atoms with Crippen LogP contribution >= 0.6 is 0 Å². The average Bonchev–Trinajstić information content (AvgIpc) is 3.01. The highest BCUT2D eigenvalue weighted by Crippen LogP contribution is 2.34. The number of aliphatic hydroxyl groups excluding tert-OH is 1. The Hall–Kier alpha value is -1.56. The number of hydrogen-bond donors (Lipinski definition) is 3. The van der Waals surface area contributed by atoms with Gasteiger partial charge in [0.1, 0.15) is 0 Å². The predicted molar refractivity (Wildman–Crippen MR) is 90.2 cm³/mol. The Kier molecular flexibility index (Phi) is 5.34. The van der Waals surface area contributed by atoms with E-state index in [2.05, 4.69) is 29.4 Å². The standard InChI is InChI=1S/C17H30N4O2/c1-11(22)9-17(4,5)10-18-16(23)21-8-6-7-14(21)15-12(2)19-20-13(15)3/h11,14,22H,6-10H2,1-5H3,(H,18,23)(H,19,20). The molecule has 130 valence electrons. The van der Waals surface area contributed by atoms with Crippen molar-refractivity contribution in [3.05, 3.63) is 17.0 Å². The lowest BCUT2D eigenvalue weighted by Crippen LogP contribution is -2.44. The molecule has 2 amide bonds. The third-order valence-electron chi connectivity index (χ3n) is 4.60. The summed E-state index contributed by atoms with van der Waals surface area (Å²) in [6.45, 7) is 11.2. The fourth-order valence-electron chi connectivity index (χ4n) is 3.65. The highest BCUT2D eigenvalue weighted by molar-refractivity contribution is 5.75. The van der Waals surface area contributed by atoms with E-state index in [0.717, 1.165) is 36.3 Å². The Morgan fingerprint density at radius 2 is 2.22 bits per heavy atom. The van der Waals surface area contributed by atoms with E-state index in [-0.39, 0.29) is 23.6 Å². The van der Waals surface area contributed by atoms with Crippen LogP contribution in [0.1, 0.15) is 63.0 Å². The molecule has 6 heteroatoms. The Balaban J connectivity index is 2.01. The summed E-state index contributed by atoms with van der Waals surface area (Å²) in [5.74, 6) is 0. The highest BCUT2D eigenvalue weighted by Gasteiger charge is 2.33. The number of aromatic nitrogens is 2. The summed E-state index contributed by atoms with van der Waals surface area (Å²) >= 11 is 0. The molecule has 1 aliphatic rings. The Bertz CT molecular complexity index is 531. The van der Waals surface area contributed by atoms with Gasteiger partial charge < -0.3 is 15.3 Å². The molecule has 6 nitrogen and oxygen atoms in total. The summed E-state index contributed by atoms with van der Waals surface area (Å²) in [5.41, 5.74) is 3.05. The van der Waals surface area contributed by atoms with Gasteiger partial charge in [0.25, 0.3) is 0 Å². The lowest BCUT2D eigenvalue weighted by Gasteiger charge is -2.30. The molecule has 1 aliphatic heterocycles. The third kappa shape index (κ3) is 4.25. The number of aromatic amines is 1. The molecular weight excluding hydrogens is 292 g/mol. The monoisotopic (exact) mass is 322 g/mol. The van der Waals surface area contributed by atoms with E-state index in [1.807, 2.05) is 18.7 Å². The van der Waals surface area contributed by atoms with Crippen molar-refractivity contribution in [1.29, 1.82) is 0 Å². The van der Waals surface area contributed by atoms with E-state index >= 15 is 0 Å². The van der Waals surface area contributed by atoms with E-state index in [9.17, 15) is 9.90 Å². The number of rotatable bonds is 5. The number of amides is 2.